The van der Waals surface area contributed by atoms with Crippen molar-refractivity contribution in [3.05, 3.63) is 57.6 Å². The fraction of sp³-hybridized carbons (Fsp3) is 0.462. The lowest BCUT2D eigenvalue weighted by Crippen LogP contribution is -2.44. The highest BCUT2D eigenvalue weighted by molar-refractivity contribution is 9.10. The third-order valence-corrected chi connectivity index (χ3v) is 7.34. The number of amides is 1. The minimum Gasteiger partial charge on any atom is -0.497 e. The summed E-state index contributed by atoms with van der Waals surface area (Å²) >= 11 is 3.61. The van der Waals surface area contributed by atoms with Crippen molar-refractivity contribution in [2.24, 2.45) is 0 Å². The van der Waals surface area contributed by atoms with Gasteiger partial charge in [0.2, 0.25) is 0 Å². The third kappa shape index (κ3) is 4.87. The Labute approximate surface area is 208 Å². The van der Waals surface area contributed by atoms with E-state index in [9.17, 15) is 9.59 Å². The van der Waals surface area contributed by atoms with Gasteiger partial charge in [-0.2, -0.15) is 0 Å². The lowest BCUT2D eigenvalue weighted by Gasteiger charge is -2.39. The highest BCUT2D eigenvalue weighted by Gasteiger charge is 2.47. The van der Waals surface area contributed by atoms with Gasteiger partial charge in [0.1, 0.15) is 17.6 Å². The number of benzene rings is 2. The molecule has 34 heavy (non-hydrogen) atoms. The molecular formula is C26H30BrNO6. The molecular weight excluding hydrogens is 502 g/mol. The van der Waals surface area contributed by atoms with Gasteiger partial charge in [0.25, 0.3) is 0 Å². The summed E-state index contributed by atoms with van der Waals surface area (Å²) in [6, 6.07) is 11.9. The van der Waals surface area contributed by atoms with Crippen molar-refractivity contribution in [1.29, 1.82) is 0 Å². The van der Waals surface area contributed by atoms with Crippen LogP contribution in [-0.4, -0.2) is 50.9 Å². The second kappa shape index (κ2) is 10.3. The summed E-state index contributed by atoms with van der Waals surface area (Å²) in [6.07, 6.45) is 2.13. The predicted octanol–water partition coefficient (Wildman–Crippen LogP) is 5.19. The van der Waals surface area contributed by atoms with Crippen molar-refractivity contribution in [2.45, 2.75) is 44.1 Å². The first-order valence-corrected chi connectivity index (χ1v) is 12.3. The first-order chi connectivity index (χ1) is 16.4. The van der Waals surface area contributed by atoms with Crippen LogP contribution < -0.4 is 9.47 Å². The SMILES string of the molecule is CCOC(=O)Cc1ccc(OC)cc1OC1CC2(CCN(C(=O)OC)CC2)c2ccc(Br)cc21. The second-order valence-electron chi connectivity index (χ2n) is 8.74. The summed E-state index contributed by atoms with van der Waals surface area (Å²) in [5, 5.41) is 0. The number of halogens is 1. The van der Waals surface area contributed by atoms with Gasteiger partial charge in [-0.1, -0.05) is 28.1 Å². The molecule has 1 amide bonds. The van der Waals surface area contributed by atoms with Crippen molar-refractivity contribution in [3.63, 3.8) is 0 Å². The molecule has 2 aromatic rings. The van der Waals surface area contributed by atoms with Crippen LogP contribution in [0.5, 0.6) is 11.5 Å². The number of rotatable bonds is 6. The Balaban J connectivity index is 1.63. The smallest absolute Gasteiger partial charge is 0.409 e. The zero-order valence-electron chi connectivity index (χ0n) is 19.8. The number of fused-ring (bicyclic) bond motifs is 2. The molecule has 0 N–H and O–H groups in total. The van der Waals surface area contributed by atoms with E-state index in [1.807, 2.05) is 18.2 Å². The quantitative estimate of drug-likeness (QED) is 0.477. The van der Waals surface area contributed by atoms with E-state index in [4.69, 9.17) is 18.9 Å². The van der Waals surface area contributed by atoms with Crippen LogP contribution in [0.1, 0.15) is 49.0 Å². The summed E-state index contributed by atoms with van der Waals surface area (Å²) in [5.74, 6) is 0.988. The summed E-state index contributed by atoms with van der Waals surface area (Å²) in [6.45, 7) is 3.41. The van der Waals surface area contributed by atoms with Crippen LogP contribution in [0.3, 0.4) is 0 Å². The molecule has 1 fully saturated rings. The van der Waals surface area contributed by atoms with Crippen molar-refractivity contribution >= 4 is 28.0 Å². The molecule has 1 aliphatic carbocycles. The van der Waals surface area contributed by atoms with Gasteiger partial charge in [-0.3, -0.25) is 4.79 Å². The van der Waals surface area contributed by atoms with E-state index in [0.29, 0.717) is 31.2 Å². The number of ether oxygens (including phenoxy) is 4. The third-order valence-electron chi connectivity index (χ3n) is 6.85. The number of piperidine rings is 1. The number of esters is 1. The van der Waals surface area contributed by atoms with Gasteiger partial charge in [0.15, 0.2) is 0 Å². The molecule has 0 bridgehead atoms. The van der Waals surface area contributed by atoms with Gasteiger partial charge in [0.05, 0.1) is 27.2 Å². The maximum absolute atomic E-state index is 12.2. The summed E-state index contributed by atoms with van der Waals surface area (Å²) in [7, 11) is 3.02. The van der Waals surface area contributed by atoms with Crippen LogP contribution in [0.25, 0.3) is 0 Å². The highest BCUT2D eigenvalue weighted by atomic mass is 79.9. The van der Waals surface area contributed by atoms with Crippen LogP contribution >= 0.6 is 15.9 Å². The lowest BCUT2D eigenvalue weighted by atomic mass is 9.74. The number of methoxy groups -OCH3 is 2. The highest BCUT2D eigenvalue weighted by Crippen LogP contribution is 2.53. The fourth-order valence-corrected chi connectivity index (χ4v) is 5.50. The maximum atomic E-state index is 12.2. The number of carbonyl (C=O) groups is 2. The van der Waals surface area contributed by atoms with Crippen molar-refractivity contribution < 1.29 is 28.5 Å². The lowest BCUT2D eigenvalue weighted by molar-refractivity contribution is -0.142. The Bertz CT molecular complexity index is 1060. The molecule has 1 heterocycles. The number of hydrogen-bond donors (Lipinski definition) is 0. The van der Waals surface area contributed by atoms with Gasteiger partial charge in [-0.15, -0.1) is 0 Å². The molecule has 4 rings (SSSR count). The molecule has 1 spiro atoms. The molecule has 0 saturated carbocycles. The molecule has 0 radical (unpaired) electrons. The van der Waals surface area contributed by atoms with E-state index in [-0.39, 0.29) is 30.0 Å². The van der Waals surface area contributed by atoms with E-state index in [1.54, 1.807) is 18.9 Å². The van der Waals surface area contributed by atoms with Gasteiger partial charge >= 0.3 is 12.1 Å². The Kier molecular flexibility index (Phi) is 7.36. The molecule has 1 aliphatic heterocycles. The molecule has 8 heteroatoms. The zero-order valence-corrected chi connectivity index (χ0v) is 21.4. The van der Waals surface area contributed by atoms with Crippen molar-refractivity contribution in [2.75, 3.05) is 33.9 Å². The molecule has 2 aromatic carbocycles. The van der Waals surface area contributed by atoms with Crippen LogP contribution in [0, 0.1) is 0 Å². The molecule has 1 atom stereocenters. The first-order valence-electron chi connectivity index (χ1n) is 11.5. The Morgan fingerprint density at radius 2 is 1.88 bits per heavy atom. The molecule has 2 aliphatic rings. The summed E-state index contributed by atoms with van der Waals surface area (Å²) in [5.41, 5.74) is 3.08. The molecule has 182 valence electrons. The molecule has 1 unspecified atom stereocenters. The standard InChI is InChI=1S/C26H30BrNO6/c1-4-33-24(29)13-17-5-7-19(31-2)15-22(17)34-23-16-26(21-8-6-18(27)14-20(21)23)9-11-28(12-10-26)25(30)32-3/h5-8,14-15,23H,4,9-13,16H2,1-3H3. The number of nitrogens with zero attached hydrogens (tertiary/aromatic N) is 1. The van der Waals surface area contributed by atoms with Gasteiger partial charge in [-0.05, 0) is 55.5 Å². The molecule has 7 nitrogen and oxygen atoms in total. The fourth-order valence-electron chi connectivity index (χ4n) is 5.12. The van der Waals surface area contributed by atoms with E-state index in [1.165, 1.54) is 12.7 Å². The average molecular weight is 532 g/mol. The second-order valence-corrected chi connectivity index (χ2v) is 9.65. The van der Waals surface area contributed by atoms with E-state index >= 15 is 0 Å². The van der Waals surface area contributed by atoms with E-state index < -0.39 is 0 Å². The van der Waals surface area contributed by atoms with E-state index in [2.05, 4.69) is 34.1 Å². The van der Waals surface area contributed by atoms with Crippen LogP contribution in [0.15, 0.2) is 40.9 Å². The van der Waals surface area contributed by atoms with E-state index in [0.717, 1.165) is 34.9 Å². The summed E-state index contributed by atoms with van der Waals surface area (Å²) in [4.78, 5) is 26.0. The topological polar surface area (TPSA) is 74.3 Å². The van der Waals surface area contributed by atoms with Gasteiger partial charge in [-0.25, -0.2) is 4.79 Å². The largest absolute Gasteiger partial charge is 0.497 e. The van der Waals surface area contributed by atoms with Crippen LogP contribution in [-0.2, 0) is 26.1 Å². The zero-order chi connectivity index (χ0) is 24.3. The molecule has 0 aromatic heterocycles. The Morgan fingerprint density at radius 3 is 2.56 bits per heavy atom. The Morgan fingerprint density at radius 1 is 1.12 bits per heavy atom. The number of hydrogen-bond acceptors (Lipinski definition) is 6. The molecule has 1 saturated heterocycles. The first kappa shape index (κ1) is 24.4. The van der Waals surface area contributed by atoms with Crippen LogP contribution in [0.2, 0.25) is 0 Å². The van der Waals surface area contributed by atoms with Gasteiger partial charge < -0.3 is 23.8 Å². The normalized spacial score (nSPS) is 18.4. The van der Waals surface area contributed by atoms with Crippen molar-refractivity contribution in [3.8, 4) is 11.5 Å². The summed E-state index contributed by atoms with van der Waals surface area (Å²) < 4.78 is 23.1. The predicted molar refractivity (Wildman–Crippen MR) is 130 cm³/mol. The average Bonchev–Trinajstić information content (AvgIpc) is 3.12. The van der Waals surface area contributed by atoms with Crippen LogP contribution in [0.4, 0.5) is 4.79 Å². The Hall–Kier alpha value is -2.74. The number of likely N-dealkylation sites (tertiary alicyclic amines) is 1. The minimum atomic E-state index is -0.293. The van der Waals surface area contributed by atoms with Gasteiger partial charge in [0, 0.05) is 34.6 Å². The maximum Gasteiger partial charge on any atom is 0.409 e. The van der Waals surface area contributed by atoms with Crippen molar-refractivity contribution in [1.82, 2.24) is 4.90 Å². The minimum absolute atomic E-state index is 0.0780. The monoisotopic (exact) mass is 531 g/mol. The number of carbonyl (C=O) groups excluding carboxylic acids is 2.